The number of primary sulfonamides is 1. The highest BCUT2D eigenvalue weighted by atomic mass is 35.5. The minimum Gasteiger partial charge on any atom is -0.469 e. The second kappa shape index (κ2) is 10.2. The van der Waals surface area contributed by atoms with Crippen LogP contribution in [0, 0.1) is 0 Å². The van der Waals surface area contributed by atoms with E-state index in [-0.39, 0.29) is 9.79 Å². The normalized spacial score (nSPS) is 19.4. The van der Waals surface area contributed by atoms with Crippen molar-refractivity contribution in [2.45, 2.75) is 27.9 Å². The molecule has 0 fully saturated rings. The Morgan fingerprint density at radius 1 is 0.821 bits per heavy atom. The number of nitrogens with zero attached hydrogens (tertiary/aromatic N) is 1. The summed E-state index contributed by atoms with van der Waals surface area (Å²) < 4.78 is 56.5. The molecule has 0 aromatic heterocycles. The Hall–Kier alpha value is -3.50. The SMILES string of the molecule is CS(=O)(=O)c1ccc(C2OC(Cc3ccccc3)=NC2(c2ccccc2Cl)c2ccccc2S(N)(=O)=O)cc1. The molecule has 1 heterocycles. The van der Waals surface area contributed by atoms with Crippen molar-refractivity contribution in [3.05, 3.63) is 130 Å². The molecule has 4 aromatic rings. The monoisotopic (exact) mass is 580 g/mol. The predicted molar refractivity (Wildman–Crippen MR) is 151 cm³/mol. The van der Waals surface area contributed by atoms with Gasteiger partial charge in [-0.25, -0.2) is 27.0 Å². The summed E-state index contributed by atoms with van der Waals surface area (Å²) >= 11 is 6.77. The third-order valence-corrected chi connectivity index (χ3v) is 9.06. The highest BCUT2D eigenvalue weighted by Gasteiger charge is 2.52. The molecular weight excluding hydrogens is 556 g/mol. The van der Waals surface area contributed by atoms with Crippen molar-refractivity contribution < 1.29 is 21.6 Å². The Kier molecular flexibility index (Phi) is 7.11. The lowest BCUT2D eigenvalue weighted by Crippen LogP contribution is -2.33. The van der Waals surface area contributed by atoms with Crippen molar-refractivity contribution in [3.63, 3.8) is 0 Å². The molecule has 1 aliphatic rings. The largest absolute Gasteiger partial charge is 0.469 e. The zero-order valence-corrected chi connectivity index (χ0v) is 23.2. The van der Waals surface area contributed by atoms with E-state index in [2.05, 4.69) is 0 Å². The first-order valence-electron chi connectivity index (χ1n) is 12.0. The summed E-state index contributed by atoms with van der Waals surface area (Å²) in [6, 6.07) is 29.3. The van der Waals surface area contributed by atoms with E-state index in [4.69, 9.17) is 26.5 Å². The van der Waals surface area contributed by atoms with Crippen LogP contribution in [0.5, 0.6) is 0 Å². The number of benzene rings is 4. The lowest BCUT2D eigenvalue weighted by molar-refractivity contribution is 0.154. The van der Waals surface area contributed by atoms with Crippen molar-refractivity contribution >= 4 is 37.4 Å². The lowest BCUT2D eigenvalue weighted by Gasteiger charge is -2.34. The maximum Gasteiger partial charge on any atom is 0.238 e. The zero-order chi connectivity index (χ0) is 27.8. The molecule has 7 nitrogen and oxygen atoms in total. The van der Waals surface area contributed by atoms with Crippen LogP contribution in [0.1, 0.15) is 28.4 Å². The molecule has 5 rings (SSSR count). The average molecular weight is 581 g/mol. The number of rotatable bonds is 7. The molecule has 0 radical (unpaired) electrons. The minimum atomic E-state index is -4.19. The maximum atomic E-state index is 12.8. The van der Waals surface area contributed by atoms with E-state index in [9.17, 15) is 16.8 Å². The number of ether oxygens (including phenoxy) is 1. The molecule has 0 aliphatic carbocycles. The second-order valence-electron chi connectivity index (χ2n) is 9.29. The van der Waals surface area contributed by atoms with E-state index in [0.717, 1.165) is 11.8 Å². The average Bonchev–Trinajstić information content (AvgIpc) is 3.28. The van der Waals surface area contributed by atoms with E-state index in [1.54, 1.807) is 54.6 Å². The summed E-state index contributed by atoms with van der Waals surface area (Å²) in [7, 11) is -7.63. The molecule has 0 spiro atoms. The van der Waals surface area contributed by atoms with Gasteiger partial charge in [0.15, 0.2) is 27.4 Å². The number of hydrogen-bond acceptors (Lipinski definition) is 6. The van der Waals surface area contributed by atoms with Gasteiger partial charge in [-0.1, -0.05) is 90.5 Å². The number of sulfonamides is 1. The molecule has 10 heteroatoms. The number of halogens is 1. The first kappa shape index (κ1) is 27.1. The summed E-state index contributed by atoms with van der Waals surface area (Å²) in [4.78, 5) is 5.12. The first-order chi connectivity index (χ1) is 18.5. The van der Waals surface area contributed by atoms with Crippen molar-refractivity contribution in [3.8, 4) is 0 Å². The van der Waals surface area contributed by atoms with Gasteiger partial charge in [-0.05, 0) is 35.4 Å². The van der Waals surface area contributed by atoms with Gasteiger partial charge in [0, 0.05) is 28.8 Å². The van der Waals surface area contributed by atoms with Crippen LogP contribution in [0.15, 0.2) is 118 Å². The Morgan fingerprint density at radius 2 is 1.41 bits per heavy atom. The summed E-state index contributed by atoms with van der Waals surface area (Å²) in [5, 5.41) is 6.05. The zero-order valence-electron chi connectivity index (χ0n) is 20.9. The van der Waals surface area contributed by atoms with E-state index >= 15 is 0 Å². The Balaban J connectivity index is 1.82. The lowest BCUT2D eigenvalue weighted by atomic mass is 9.76. The summed E-state index contributed by atoms with van der Waals surface area (Å²) in [6.45, 7) is 0. The molecule has 200 valence electrons. The highest BCUT2D eigenvalue weighted by Crippen LogP contribution is 2.53. The van der Waals surface area contributed by atoms with Crippen LogP contribution in [0.3, 0.4) is 0 Å². The first-order valence-corrected chi connectivity index (χ1v) is 15.8. The fraction of sp³-hybridized carbons (Fsp3) is 0.138. The standard InChI is InChI=1S/C29H25ClN2O5S2/c1-38(33,34)22-17-15-21(16-18-22)28-29(23-11-5-7-13-25(23)30,24-12-6-8-14-26(24)39(31,35)36)32-27(37-28)19-20-9-3-2-4-10-20/h2-18,28H,19H2,1H3,(H2,31,35,36). The molecule has 0 saturated heterocycles. The number of hydrogen-bond donors (Lipinski definition) is 1. The Bertz CT molecular complexity index is 1770. The number of sulfone groups is 1. The van der Waals surface area contributed by atoms with Crippen molar-refractivity contribution in [1.82, 2.24) is 0 Å². The van der Waals surface area contributed by atoms with Crippen LogP contribution in [0.4, 0.5) is 0 Å². The van der Waals surface area contributed by atoms with Crippen LogP contribution in [-0.2, 0) is 36.6 Å². The summed E-state index contributed by atoms with van der Waals surface area (Å²) in [5.41, 5.74) is 0.872. The molecule has 2 unspecified atom stereocenters. The third-order valence-electron chi connectivity index (χ3n) is 6.63. The van der Waals surface area contributed by atoms with Crippen molar-refractivity contribution in [2.24, 2.45) is 10.1 Å². The summed E-state index contributed by atoms with van der Waals surface area (Å²) in [6.07, 6.45) is 0.571. The van der Waals surface area contributed by atoms with Crippen LogP contribution in [0.25, 0.3) is 0 Å². The van der Waals surface area contributed by atoms with E-state index in [1.165, 1.54) is 18.2 Å². The fourth-order valence-corrected chi connectivity index (χ4v) is 6.61. The van der Waals surface area contributed by atoms with Gasteiger partial charge in [0.05, 0.1) is 9.79 Å². The molecule has 0 amide bonds. The molecule has 0 saturated carbocycles. The van der Waals surface area contributed by atoms with Gasteiger partial charge in [0.2, 0.25) is 10.0 Å². The van der Waals surface area contributed by atoms with Crippen LogP contribution in [-0.4, -0.2) is 29.0 Å². The van der Waals surface area contributed by atoms with Crippen molar-refractivity contribution in [2.75, 3.05) is 6.26 Å². The predicted octanol–water partition coefficient (Wildman–Crippen LogP) is 5.05. The van der Waals surface area contributed by atoms with Crippen molar-refractivity contribution in [1.29, 1.82) is 0 Å². The molecule has 39 heavy (non-hydrogen) atoms. The Morgan fingerprint density at radius 3 is 2.03 bits per heavy atom. The van der Waals surface area contributed by atoms with Crippen LogP contribution in [0.2, 0.25) is 5.02 Å². The fourth-order valence-electron chi connectivity index (χ4n) is 4.90. The quantitative estimate of drug-likeness (QED) is 0.328. The van der Waals surface area contributed by atoms with Gasteiger partial charge in [0.1, 0.15) is 0 Å². The number of nitrogens with two attached hydrogens (primary N) is 1. The minimum absolute atomic E-state index is 0.115. The van der Waals surface area contributed by atoms with Gasteiger partial charge < -0.3 is 4.74 Å². The Labute approximate surface area is 232 Å². The molecule has 0 bridgehead atoms. The number of aliphatic imine (C=N–C) groups is 1. The molecule has 4 aromatic carbocycles. The van der Waals surface area contributed by atoms with E-state index in [0.29, 0.717) is 34.0 Å². The van der Waals surface area contributed by atoms with Gasteiger partial charge in [-0.15, -0.1) is 0 Å². The van der Waals surface area contributed by atoms with Gasteiger partial charge in [-0.3, -0.25) is 0 Å². The maximum absolute atomic E-state index is 12.8. The smallest absolute Gasteiger partial charge is 0.238 e. The van der Waals surface area contributed by atoms with E-state index < -0.39 is 31.5 Å². The molecule has 1 aliphatic heterocycles. The van der Waals surface area contributed by atoms with Gasteiger partial charge in [0.25, 0.3) is 0 Å². The summed E-state index contributed by atoms with van der Waals surface area (Å²) in [5.74, 6) is 0.363. The molecule has 2 atom stereocenters. The molecular formula is C29H25ClN2O5S2. The highest BCUT2D eigenvalue weighted by molar-refractivity contribution is 7.90. The van der Waals surface area contributed by atoms with Crippen LogP contribution >= 0.6 is 11.6 Å². The topological polar surface area (TPSA) is 116 Å². The van der Waals surface area contributed by atoms with Gasteiger partial charge in [-0.2, -0.15) is 0 Å². The second-order valence-corrected chi connectivity index (χ2v) is 13.2. The van der Waals surface area contributed by atoms with Crippen LogP contribution < -0.4 is 5.14 Å². The third kappa shape index (κ3) is 5.23. The van der Waals surface area contributed by atoms with Gasteiger partial charge >= 0.3 is 0 Å². The van der Waals surface area contributed by atoms with E-state index in [1.807, 2.05) is 30.3 Å². The molecule has 2 N–H and O–H groups in total.